The molecule has 0 bridgehead atoms. The molecule has 0 saturated heterocycles. The van der Waals surface area contributed by atoms with Crippen LogP contribution in [-0.4, -0.2) is 36.3 Å². The number of carbonyl (C=O) groups excluding carboxylic acids is 1. The van der Waals surface area contributed by atoms with Gasteiger partial charge in [0.2, 0.25) is 0 Å². The molecular formula is CH5F2NaO. The fourth-order valence-electron chi connectivity index (χ4n) is 0. The molecule has 0 aliphatic carbocycles. The molecule has 0 radical (unpaired) electrons. The van der Waals surface area contributed by atoms with Crippen LogP contribution in [0.4, 0.5) is 9.41 Å². The number of hydrogen-bond donors (Lipinski definition) is 0. The molecule has 5 heavy (non-hydrogen) atoms. The standard InChI is InChI=1S/CH2O.2FH.Na.H/c1-2;;;;/h1H2;2*1H;;. The Labute approximate surface area is 50.8 Å². The predicted octanol–water partition coefficient (Wildman–Crippen LogP) is -0.528. The first-order valence-electron chi connectivity index (χ1n) is 0.289. The van der Waals surface area contributed by atoms with E-state index in [2.05, 4.69) is 0 Å². The Morgan fingerprint density at radius 1 is 1.00 bits per heavy atom. The Kier molecular flexibility index (Phi) is 1950. The second-order valence-electron chi connectivity index (χ2n) is 0. The maximum absolute atomic E-state index is 8.00. The van der Waals surface area contributed by atoms with E-state index in [-0.39, 0.29) is 39.0 Å². The summed E-state index contributed by atoms with van der Waals surface area (Å²) in [7, 11) is 0. The second kappa shape index (κ2) is 201. The Hall–Kier alpha value is 0.530. The number of carbonyl (C=O) groups is 1. The average Bonchev–Trinajstić information content (AvgIpc) is 1.00. The molecule has 4 heteroatoms. The molecule has 0 fully saturated rings. The van der Waals surface area contributed by atoms with Crippen molar-refractivity contribution in [2.45, 2.75) is 0 Å². The van der Waals surface area contributed by atoms with Crippen LogP contribution in [0.1, 0.15) is 0 Å². The van der Waals surface area contributed by atoms with Crippen molar-refractivity contribution < 1.29 is 14.2 Å². The molecule has 0 aromatic carbocycles. The average molecular weight is 94.0 g/mol. The fourth-order valence-corrected chi connectivity index (χ4v) is 0. The van der Waals surface area contributed by atoms with Crippen molar-refractivity contribution >= 4 is 36.3 Å². The van der Waals surface area contributed by atoms with Crippen LogP contribution >= 0.6 is 0 Å². The van der Waals surface area contributed by atoms with Gasteiger partial charge in [-0.1, -0.05) is 0 Å². The van der Waals surface area contributed by atoms with E-state index < -0.39 is 0 Å². The van der Waals surface area contributed by atoms with Gasteiger partial charge in [0.15, 0.2) is 0 Å². The third-order valence-corrected chi connectivity index (χ3v) is 0. The van der Waals surface area contributed by atoms with Crippen LogP contribution in [0.5, 0.6) is 0 Å². The summed E-state index contributed by atoms with van der Waals surface area (Å²) >= 11 is 0. The Bertz CT molecular complexity index is 9.61. The zero-order valence-corrected chi connectivity index (χ0v) is 1.93. The first kappa shape index (κ1) is 48.5. The summed E-state index contributed by atoms with van der Waals surface area (Å²) in [4.78, 5) is 8.00. The van der Waals surface area contributed by atoms with Gasteiger partial charge in [-0.3, -0.25) is 9.41 Å². The van der Waals surface area contributed by atoms with Crippen molar-refractivity contribution in [2.24, 2.45) is 0 Å². The summed E-state index contributed by atoms with van der Waals surface area (Å²) < 4.78 is 0. The Morgan fingerprint density at radius 2 is 1.00 bits per heavy atom. The van der Waals surface area contributed by atoms with Crippen molar-refractivity contribution in [2.75, 3.05) is 0 Å². The van der Waals surface area contributed by atoms with E-state index in [1.807, 2.05) is 6.79 Å². The molecule has 0 heterocycles. The van der Waals surface area contributed by atoms with Crippen LogP contribution in [0.3, 0.4) is 0 Å². The maximum atomic E-state index is 8.00. The summed E-state index contributed by atoms with van der Waals surface area (Å²) in [6, 6.07) is 0. The van der Waals surface area contributed by atoms with Gasteiger partial charge in [-0.15, -0.1) is 0 Å². The van der Waals surface area contributed by atoms with Crippen LogP contribution in [0.25, 0.3) is 0 Å². The molecular weight excluding hydrogens is 89.0 g/mol. The van der Waals surface area contributed by atoms with E-state index in [1.165, 1.54) is 0 Å². The molecule has 0 atom stereocenters. The van der Waals surface area contributed by atoms with Crippen LogP contribution < -0.4 is 0 Å². The van der Waals surface area contributed by atoms with Crippen molar-refractivity contribution in [3.05, 3.63) is 0 Å². The third-order valence-electron chi connectivity index (χ3n) is 0. The fraction of sp³-hybridized carbons (Fsp3) is 0. The van der Waals surface area contributed by atoms with Crippen molar-refractivity contribution in [3.63, 3.8) is 0 Å². The summed E-state index contributed by atoms with van der Waals surface area (Å²) in [5.74, 6) is 0. The van der Waals surface area contributed by atoms with Crippen LogP contribution in [-0.2, 0) is 4.79 Å². The first-order chi connectivity index (χ1) is 1.00. The second-order valence-corrected chi connectivity index (χ2v) is 0. The topological polar surface area (TPSA) is 17.1 Å². The molecule has 0 unspecified atom stereocenters. The van der Waals surface area contributed by atoms with Crippen LogP contribution in [0, 0.1) is 0 Å². The Balaban J connectivity index is -0.00000000167. The molecule has 0 aromatic rings. The normalized spacial score (nSPS) is 0.800. The number of rotatable bonds is 0. The molecule has 0 aliphatic rings. The summed E-state index contributed by atoms with van der Waals surface area (Å²) in [5.41, 5.74) is 0. The first-order valence-corrected chi connectivity index (χ1v) is 0.289. The van der Waals surface area contributed by atoms with Gasteiger partial charge in [0.25, 0.3) is 0 Å². The molecule has 30 valence electrons. The van der Waals surface area contributed by atoms with E-state index in [4.69, 9.17) is 4.79 Å². The zero-order valence-electron chi connectivity index (χ0n) is 1.93. The van der Waals surface area contributed by atoms with Gasteiger partial charge in [-0.25, -0.2) is 0 Å². The van der Waals surface area contributed by atoms with E-state index in [0.717, 1.165) is 0 Å². The Morgan fingerprint density at radius 3 is 1.00 bits per heavy atom. The monoisotopic (exact) mass is 94.0 g/mol. The molecule has 0 aliphatic heterocycles. The molecule has 0 rings (SSSR count). The molecule has 0 N–H and O–H groups in total. The van der Waals surface area contributed by atoms with Gasteiger partial charge in [0.1, 0.15) is 6.79 Å². The molecule has 0 spiro atoms. The van der Waals surface area contributed by atoms with Crippen LogP contribution in [0.15, 0.2) is 0 Å². The molecule has 1 nitrogen and oxygen atoms in total. The van der Waals surface area contributed by atoms with Crippen molar-refractivity contribution in [3.8, 4) is 0 Å². The van der Waals surface area contributed by atoms with Gasteiger partial charge >= 0.3 is 29.6 Å². The zero-order chi connectivity index (χ0) is 2.00. The van der Waals surface area contributed by atoms with E-state index in [0.29, 0.717) is 0 Å². The minimum atomic E-state index is 0. The van der Waals surface area contributed by atoms with Gasteiger partial charge in [0.05, 0.1) is 0 Å². The van der Waals surface area contributed by atoms with Crippen molar-refractivity contribution in [1.82, 2.24) is 0 Å². The van der Waals surface area contributed by atoms with Gasteiger partial charge in [0, 0.05) is 0 Å². The number of hydrogen-bond acceptors (Lipinski definition) is 1. The van der Waals surface area contributed by atoms with E-state index in [9.17, 15) is 0 Å². The van der Waals surface area contributed by atoms with Gasteiger partial charge < -0.3 is 4.79 Å². The third kappa shape index (κ3) is 103. The van der Waals surface area contributed by atoms with E-state index >= 15 is 0 Å². The summed E-state index contributed by atoms with van der Waals surface area (Å²) in [6.07, 6.45) is 0. The van der Waals surface area contributed by atoms with Crippen LogP contribution in [0.2, 0.25) is 0 Å². The van der Waals surface area contributed by atoms with E-state index in [1.54, 1.807) is 0 Å². The minimum absolute atomic E-state index is 0. The summed E-state index contributed by atoms with van der Waals surface area (Å²) in [6.45, 7) is 2.00. The quantitative estimate of drug-likeness (QED) is 0.369. The van der Waals surface area contributed by atoms with Gasteiger partial charge in [-0.2, -0.15) is 0 Å². The summed E-state index contributed by atoms with van der Waals surface area (Å²) in [5, 5.41) is 0. The van der Waals surface area contributed by atoms with Gasteiger partial charge in [-0.05, 0) is 0 Å². The molecule has 0 saturated carbocycles. The number of halogens is 2. The predicted molar refractivity (Wildman–Crippen MR) is 19.3 cm³/mol. The SMILES string of the molecule is C=O.F.F.[NaH]. The molecule has 0 amide bonds. The van der Waals surface area contributed by atoms with Crippen molar-refractivity contribution in [1.29, 1.82) is 0 Å². The molecule has 0 aromatic heterocycles.